The van der Waals surface area contributed by atoms with Crippen LogP contribution in [0.3, 0.4) is 0 Å². The van der Waals surface area contributed by atoms with Crippen LogP contribution in [0, 0.1) is 6.92 Å². The lowest BCUT2D eigenvalue weighted by Crippen LogP contribution is -1.89. The topological polar surface area (TPSA) is 33.1 Å². The van der Waals surface area contributed by atoms with E-state index in [9.17, 15) is 0 Å². The highest BCUT2D eigenvalue weighted by atomic mass is 15.0. The van der Waals surface area contributed by atoms with Crippen molar-refractivity contribution in [2.45, 2.75) is 6.92 Å². The van der Waals surface area contributed by atoms with Crippen LogP contribution >= 0.6 is 0 Å². The van der Waals surface area contributed by atoms with Gasteiger partial charge in [-0.25, -0.2) is 4.98 Å². The Labute approximate surface area is 75.0 Å². The van der Waals surface area contributed by atoms with Crippen LogP contribution in [-0.2, 0) is 0 Å². The normalized spacial score (nSPS) is 11.5. The first-order valence-electron chi connectivity index (χ1n) is 4.26. The highest BCUT2D eigenvalue weighted by molar-refractivity contribution is 5.75. The van der Waals surface area contributed by atoms with Crippen molar-refractivity contribution in [2.24, 2.45) is 0 Å². The van der Waals surface area contributed by atoms with Crippen LogP contribution in [0.15, 0.2) is 30.6 Å². The number of hydrogen-bond acceptors (Lipinski definition) is 1. The first kappa shape index (κ1) is 6.71. The van der Waals surface area contributed by atoms with Gasteiger partial charge in [0.25, 0.3) is 0 Å². The van der Waals surface area contributed by atoms with Crippen LogP contribution < -0.4 is 0 Å². The SMILES string of the molecule is Cc1ccc2cnc3[nH]ccc3n12. The fraction of sp³-hybridized carbons (Fsp3) is 0.100. The first-order chi connectivity index (χ1) is 6.36. The van der Waals surface area contributed by atoms with Gasteiger partial charge in [0.15, 0.2) is 5.65 Å². The maximum atomic E-state index is 4.31. The summed E-state index contributed by atoms with van der Waals surface area (Å²) in [7, 11) is 0. The van der Waals surface area contributed by atoms with E-state index in [2.05, 4.69) is 33.4 Å². The lowest BCUT2D eigenvalue weighted by Gasteiger charge is -1.98. The number of H-pyrrole nitrogens is 1. The van der Waals surface area contributed by atoms with Crippen LogP contribution in [0.25, 0.3) is 16.7 Å². The average molecular weight is 171 g/mol. The van der Waals surface area contributed by atoms with Gasteiger partial charge in [-0.2, -0.15) is 0 Å². The van der Waals surface area contributed by atoms with Gasteiger partial charge >= 0.3 is 0 Å². The molecule has 0 saturated heterocycles. The van der Waals surface area contributed by atoms with Gasteiger partial charge in [0, 0.05) is 11.9 Å². The molecule has 3 rings (SSSR count). The number of aryl methyl sites for hydroxylation is 1. The molecule has 0 unspecified atom stereocenters. The zero-order valence-corrected chi connectivity index (χ0v) is 7.28. The van der Waals surface area contributed by atoms with Crippen LogP contribution in [0.2, 0.25) is 0 Å². The van der Waals surface area contributed by atoms with Crippen molar-refractivity contribution in [2.75, 3.05) is 0 Å². The van der Waals surface area contributed by atoms with Crippen molar-refractivity contribution in [3.05, 3.63) is 36.3 Å². The molecule has 0 radical (unpaired) electrons. The summed E-state index contributed by atoms with van der Waals surface area (Å²) in [5.74, 6) is 0. The lowest BCUT2D eigenvalue weighted by atomic mass is 10.4. The molecule has 3 heterocycles. The standard InChI is InChI=1S/C10H9N3/c1-7-2-3-8-6-12-10-9(13(7)8)4-5-11-10/h2-6,11H,1H3. The summed E-state index contributed by atoms with van der Waals surface area (Å²) < 4.78 is 2.19. The number of nitrogens with zero attached hydrogens (tertiary/aromatic N) is 2. The summed E-state index contributed by atoms with van der Waals surface area (Å²) in [6.07, 6.45) is 3.79. The van der Waals surface area contributed by atoms with E-state index in [4.69, 9.17) is 0 Å². The molecule has 13 heavy (non-hydrogen) atoms. The zero-order valence-electron chi connectivity index (χ0n) is 7.28. The average Bonchev–Trinajstić information content (AvgIpc) is 2.70. The molecule has 0 bridgehead atoms. The highest BCUT2D eigenvalue weighted by Gasteiger charge is 2.02. The third-order valence-corrected chi connectivity index (χ3v) is 2.38. The number of rotatable bonds is 0. The van der Waals surface area contributed by atoms with E-state index >= 15 is 0 Å². The highest BCUT2D eigenvalue weighted by Crippen LogP contribution is 2.16. The minimum Gasteiger partial charge on any atom is -0.345 e. The third-order valence-electron chi connectivity index (χ3n) is 2.38. The minimum absolute atomic E-state index is 0.937. The van der Waals surface area contributed by atoms with E-state index < -0.39 is 0 Å². The van der Waals surface area contributed by atoms with Crippen molar-refractivity contribution < 1.29 is 0 Å². The maximum Gasteiger partial charge on any atom is 0.154 e. The molecular formula is C10H9N3. The molecule has 0 spiro atoms. The fourth-order valence-corrected chi connectivity index (χ4v) is 1.76. The van der Waals surface area contributed by atoms with Gasteiger partial charge in [-0.3, -0.25) is 0 Å². The lowest BCUT2D eigenvalue weighted by molar-refractivity contribution is 1.14. The van der Waals surface area contributed by atoms with Crippen LogP contribution in [-0.4, -0.2) is 14.4 Å². The van der Waals surface area contributed by atoms with E-state index in [1.807, 2.05) is 18.5 Å². The molecule has 0 saturated carbocycles. The quantitative estimate of drug-likeness (QED) is 0.552. The Balaban J connectivity index is 2.70. The molecule has 3 aromatic heterocycles. The van der Waals surface area contributed by atoms with Crippen molar-refractivity contribution in [1.82, 2.24) is 14.4 Å². The molecule has 3 heteroatoms. The number of hydrogen-bond donors (Lipinski definition) is 1. The second-order valence-electron chi connectivity index (χ2n) is 3.20. The molecule has 0 aromatic carbocycles. The summed E-state index contributed by atoms with van der Waals surface area (Å²) in [5.41, 5.74) is 4.46. The summed E-state index contributed by atoms with van der Waals surface area (Å²) >= 11 is 0. The predicted octanol–water partition coefficient (Wildman–Crippen LogP) is 2.12. The second-order valence-corrected chi connectivity index (χ2v) is 3.20. The van der Waals surface area contributed by atoms with Crippen molar-refractivity contribution >= 4 is 16.7 Å². The summed E-state index contributed by atoms with van der Waals surface area (Å²) in [6.45, 7) is 2.10. The van der Waals surface area contributed by atoms with E-state index in [-0.39, 0.29) is 0 Å². The molecular weight excluding hydrogens is 162 g/mol. The van der Waals surface area contributed by atoms with Gasteiger partial charge in [0.2, 0.25) is 0 Å². The molecule has 0 atom stereocenters. The molecule has 1 N–H and O–H groups in total. The zero-order chi connectivity index (χ0) is 8.84. The summed E-state index contributed by atoms with van der Waals surface area (Å²) in [6, 6.07) is 6.22. The number of aromatic nitrogens is 3. The van der Waals surface area contributed by atoms with Gasteiger partial charge in [-0.15, -0.1) is 0 Å². The van der Waals surface area contributed by atoms with E-state index in [0.29, 0.717) is 0 Å². The smallest absolute Gasteiger partial charge is 0.154 e. The van der Waals surface area contributed by atoms with Gasteiger partial charge in [0.05, 0.1) is 17.2 Å². The molecule has 3 nitrogen and oxygen atoms in total. The summed E-state index contributed by atoms with van der Waals surface area (Å²) in [5, 5.41) is 0. The number of fused-ring (bicyclic) bond motifs is 3. The van der Waals surface area contributed by atoms with Crippen molar-refractivity contribution in [3.8, 4) is 0 Å². The Bertz CT molecular complexity index is 574. The minimum atomic E-state index is 0.937. The van der Waals surface area contributed by atoms with Gasteiger partial charge in [-0.05, 0) is 25.1 Å². The molecule has 0 fully saturated rings. The molecule has 3 aromatic rings. The molecule has 64 valence electrons. The third kappa shape index (κ3) is 0.758. The van der Waals surface area contributed by atoms with Gasteiger partial charge < -0.3 is 9.38 Å². The maximum absolute atomic E-state index is 4.31. The van der Waals surface area contributed by atoms with E-state index in [1.54, 1.807) is 0 Å². The Hall–Kier alpha value is -1.77. The van der Waals surface area contributed by atoms with Gasteiger partial charge in [0.1, 0.15) is 0 Å². The monoisotopic (exact) mass is 171 g/mol. The van der Waals surface area contributed by atoms with Crippen molar-refractivity contribution in [3.63, 3.8) is 0 Å². The Morgan fingerprint density at radius 2 is 2.23 bits per heavy atom. The van der Waals surface area contributed by atoms with Crippen molar-refractivity contribution in [1.29, 1.82) is 0 Å². The summed E-state index contributed by atoms with van der Waals surface area (Å²) in [4.78, 5) is 7.40. The molecule has 0 amide bonds. The van der Waals surface area contributed by atoms with Crippen LogP contribution in [0.4, 0.5) is 0 Å². The Kier molecular flexibility index (Phi) is 1.10. The predicted molar refractivity (Wildman–Crippen MR) is 51.8 cm³/mol. The Morgan fingerprint density at radius 3 is 3.15 bits per heavy atom. The van der Waals surface area contributed by atoms with E-state index in [0.717, 1.165) is 16.7 Å². The van der Waals surface area contributed by atoms with Gasteiger partial charge in [-0.1, -0.05) is 0 Å². The first-order valence-corrected chi connectivity index (χ1v) is 4.26. The number of aromatic amines is 1. The van der Waals surface area contributed by atoms with E-state index in [1.165, 1.54) is 5.69 Å². The largest absolute Gasteiger partial charge is 0.345 e. The van der Waals surface area contributed by atoms with Crippen LogP contribution in [0.5, 0.6) is 0 Å². The van der Waals surface area contributed by atoms with Crippen LogP contribution in [0.1, 0.15) is 5.69 Å². The Morgan fingerprint density at radius 1 is 1.31 bits per heavy atom. The fourth-order valence-electron chi connectivity index (χ4n) is 1.76. The second kappa shape index (κ2) is 2.13. The molecule has 0 aliphatic carbocycles. The molecule has 0 aliphatic heterocycles. The number of nitrogens with one attached hydrogen (secondary N) is 1. The molecule has 0 aliphatic rings.